The van der Waals surface area contributed by atoms with Crippen LogP contribution >= 0.6 is 0 Å². The molecule has 0 bridgehead atoms. The van der Waals surface area contributed by atoms with E-state index in [0.29, 0.717) is 0 Å². The highest BCUT2D eigenvalue weighted by molar-refractivity contribution is 5.92. The molecule has 0 aliphatic heterocycles. The zero-order valence-electron chi connectivity index (χ0n) is 16.9. The molecular formula is C24H31NO. The standard InChI is InChI=1S/C24H31NO/c1-7-22(20-12-8-17(2)18(3)16-20)25-23(26)15-11-19-9-13-21(14-10-19)24(4,5)6/h8-16,22H,7H2,1-6H3,(H,25,26)/b15-11+. The maximum atomic E-state index is 12.3. The van der Waals surface area contributed by atoms with E-state index in [2.05, 4.69) is 89.3 Å². The lowest BCUT2D eigenvalue weighted by Gasteiger charge is -2.19. The van der Waals surface area contributed by atoms with Crippen LogP contribution < -0.4 is 5.32 Å². The Bertz CT molecular complexity index is 779. The van der Waals surface area contributed by atoms with Crippen molar-refractivity contribution in [2.45, 2.75) is 59.4 Å². The van der Waals surface area contributed by atoms with Crippen LogP contribution in [0.15, 0.2) is 48.5 Å². The summed E-state index contributed by atoms with van der Waals surface area (Å²) < 4.78 is 0. The first kappa shape index (κ1) is 20.0. The molecule has 2 heteroatoms. The van der Waals surface area contributed by atoms with Crippen LogP contribution in [0.3, 0.4) is 0 Å². The van der Waals surface area contributed by atoms with Gasteiger partial charge >= 0.3 is 0 Å². The van der Waals surface area contributed by atoms with Gasteiger partial charge in [0.15, 0.2) is 0 Å². The molecule has 0 fully saturated rings. The van der Waals surface area contributed by atoms with Gasteiger partial charge in [0.2, 0.25) is 5.91 Å². The van der Waals surface area contributed by atoms with Crippen molar-refractivity contribution < 1.29 is 4.79 Å². The first-order valence-electron chi connectivity index (χ1n) is 9.37. The summed E-state index contributed by atoms with van der Waals surface area (Å²) in [4.78, 5) is 12.3. The van der Waals surface area contributed by atoms with Crippen LogP contribution in [0.25, 0.3) is 6.08 Å². The van der Waals surface area contributed by atoms with Crippen molar-refractivity contribution in [3.8, 4) is 0 Å². The maximum Gasteiger partial charge on any atom is 0.244 e. The van der Waals surface area contributed by atoms with Crippen LogP contribution in [-0.4, -0.2) is 5.91 Å². The van der Waals surface area contributed by atoms with Crippen molar-refractivity contribution >= 4 is 12.0 Å². The molecule has 2 aromatic rings. The monoisotopic (exact) mass is 349 g/mol. The van der Waals surface area contributed by atoms with E-state index in [1.54, 1.807) is 6.08 Å². The number of amides is 1. The molecule has 1 amide bonds. The topological polar surface area (TPSA) is 29.1 Å². The van der Waals surface area contributed by atoms with Crippen LogP contribution in [0.5, 0.6) is 0 Å². The molecule has 2 nitrogen and oxygen atoms in total. The largest absolute Gasteiger partial charge is 0.346 e. The number of carbonyl (C=O) groups is 1. The second-order valence-corrected chi connectivity index (χ2v) is 8.02. The molecular weight excluding hydrogens is 318 g/mol. The van der Waals surface area contributed by atoms with E-state index >= 15 is 0 Å². The lowest BCUT2D eigenvalue weighted by Crippen LogP contribution is -2.26. The normalized spacial score (nSPS) is 13.0. The van der Waals surface area contributed by atoms with Crippen molar-refractivity contribution in [2.75, 3.05) is 0 Å². The van der Waals surface area contributed by atoms with Gasteiger partial charge < -0.3 is 5.32 Å². The van der Waals surface area contributed by atoms with Gasteiger partial charge in [0.1, 0.15) is 0 Å². The fraction of sp³-hybridized carbons (Fsp3) is 0.375. The number of rotatable bonds is 5. The molecule has 26 heavy (non-hydrogen) atoms. The Morgan fingerprint density at radius 3 is 2.23 bits per heavy atom. The number of benzene rings is 2. The van der Waals surface area contributed by atoms with E-state index in [0.717, 1.165) is 17.5 Å². The minimum atomic E-state index is -0.0602. The number of nitrogens with one attached hydrogen (secondary N) is 1. The van der Waals surface area contributed by atoms with E-state index in [1.807, 2.05) is 6.08 Å². The molecule has 2 aromatic carbocycles. The maximum absolute atomic E-state index is 12.3. The second-order valence-electron chi connectivity index (χ2n) is 8.02. The molecule has 1 N–H and O–H groups in total. The van der Waals surface area contributed by atoms with Gasteiger partial charge in [-0.1, -0.05) is 70.2 Å². The molecule has 0 saturated heterocycles. The third-order valence-electron chi connectivity index (χ3n) is 4.86. The predicted octanol–water partition coefficient (Wildman–Crippen LogP) is 5.88. The molecule has 0 saturated carbocycles. The van der Waals surface area contributed by atoms with Crippen LogP contribution in [0.2, 0.25) is 0 Å². The van der Waals surface area contributed by atoms with Gasteiger partial charge in [-0.3, -0.25) is 4.79 Å². The molecule has 0 aromatic heterocycles. The summed E-state index contributed by atoms with van der Waals surface area (Å²) in [6.45, 7) is 12.9. The van der Waals surface area contributed by atoms with Gasteiger partial charge in [-0.2, -0.15) is 0 Å². The SMILES string of the molecule is CCC(NC(=O)/C=C/c1ccc(C(C)(C)C)cc1)c1ccc(C)c(C)c1. The second kappa shape index (κ2) is 8.35. The highest BCUT2D eigenvalue weighted by Gasteiger charge is 2.13. The van der Waals surface area contributed by atoms with E-state index in [-0.39, 0.29) is 17.4 Å². The van der Waals surface area contributed by atoms with Crippen LogP contribution in [0, 0.1) is 13.8 Å². The van der Waals surface area contributed by atoms with Gasteiger partial charge in [-0.05, 0) is 59.6 Å². The van der Waals surface area contributed by atoms with E-state index < -0.39 is 0 Å². The molecule has 0 radical (unpaired) electrons. The molecule has 0 aliphatic rings. The van der Waals surface area contributed by atoms with Gasteiger partial charge in [-0.25, -0.2) is 0 Å². The molecule has 1 unspecified atom stereocenters. The zero-order chi connectivity index (χ0) is 19.3. The lowest BCUT2D eigenvalue weighted by molar-refractivity contribution is -0.117. The zero-order valence-corrected chi connectivity index (χ0v) is 16.9. The third kappa shape index (κ3) is 5.32. The fourth-order valence-corrected chi connectivity index (χ4v) is 2.89. The Balaban J connectivity index is 2.04. The highest BCUT2D eigenvalue weighted by atomic mass is 16.1. The Kier molecular flexibility index (Phi) is 6.42. The average molecular weight is 350 g/mol. The van der Waals surface area contributed by atoms with Gasteiger partial charge in [-0.15, -0.1) is 0 Å². The summed E-state index contributed by atoms with van der Waals surface area (Å²) >= 11 is 0. The quantitative estimate of drug-likeness (QED) is 0.671. The first-order chi connectivity index (χ1) is 12.2. The molecule has 0 aliphatic carbocycles. The fourth-order valence-electron chi connectivity index (χ4n) is 2.89. The van der Waals surface area contributed by atoms with E-state index in [4.69, 9.17) is 0 Å². The van der Waals surface area contributed by atoms with Crippen molar-refractivity contribution in [3.05, 3.63) is 76.4 Å². The van der Waals surface area contributed by atoms with Crippen molar-refractivity contribution in [1.29, 1.82) is 0 Å². The van der Waals surface area contributed by atoms with Gasteiger partial charge in [0, 0.05) is 6.08 Å². The van der Waals surface area contributed by atoms with Crippen LogP contribution in [0.4, 0.5) is 0 Å². The van der Waals surface area contributed by atoms with Crippen molar-refractivity contribution in [1.82, 2.24) is 5.32 Å². The van der Waals surface area contributed by atoms with Gasteiger partial charge in [0.25, 0.3) is 0 Å². The smallest absolute Gasteiger partial charge is 0.244 e. The third-order valence-corrected chi connectivity index (χ3v) is 4.86. The molecule has 2 rings (SSSR count). The molecule has 0 spiro atoms. The lowest BCUT2D eigenvalue weighted by atomic mass is 9.87. The highest BCUT2D eigenvalue weighted by Crippen LogP contribution is 2.23. The van der Waals surface area contributed by atoms with Crippen molar-refractivity contribution in [3.63, 3.8) is 0 Å². The molecule has 1 atom stereocenters. The Labute approximate surface area is 158 Å². The molecule has 138 valence electrons. The van der Waals surface area contributed by atoms with E-state index in [1.165, 1.54) is 16.7 Å². The summed E-state index contributed by atoms with van der Waals surface area (Å²) in [5.74, 6) is -0.0602. The minimum absolute atomic E-state index is 0.0368. The van der Waals surface area contributed by atoms with Crippen LogP contribution in [0.1, 0.15) is 68.0 Å². The van der Waals surface area contributed by atoms with Crippen molar-refractivity contribution in [2.24, 2.45) is 0 Å². The summed E-state index contributed by atoms with van der Waals surface area (Å²) in [7, 11) is 0. The summed E-state index contributed by atoms with van der Waals surface area (Å²) in [6, 6.07) is 14.8. The minimum Gasteiger partial charge on any atom is -0.346 e. The Hall–Kier alpha value is -2.35. The summed E-state index contributed by atoms with van der Waals surface area (Å²) in [5.41, 5.74) is 6.15. The van der Waals surface area contributed by atoms with Crippen LogP contribution in [-0.2, 0) is 10.2 Å². The number of hydrogen-bond acceptors (Lipinski definition) is 1. The first-order valence-corrected chi connectivity index (χ1v) is 9.37. The summed E-state index contributed by atoms with van der Waals surface area (Å²) in [6.07, 6.45) is 4.35. The Morgan fingerprint density at radius 1 is 1.04 bits per heavy atom. The molecule has 0 heterocycles. The Morgan fingerprint density at radius 2 is 1.69 bits per heavy atom. The number of carbonyl (C=O) groups excluding carboxylic acids is 1. The predicted molar refractivity (Wildman–Crippen MR) is 111 cm³/mol. The average Bonchev–Trinajstić information content (AvgIpc) is 2.60. The van der Waals surface area contributed by atoms with E-state index in [9.17, 15) is 4.79 Å². The number of hydrogen-bond donors (Lipinski definition) is 1. The number of aryl methyl sites for hydroxylation is 2. The van der Waals surface area contributed by atoms with Gasteiger partial charge in [0.05, 0.1) is 6.04 Å². The summed E-state index contributed by atoms with van der Waals surface area (Å²) in [5, 5.41) is 3.11.